The van der Waals surface area contributed by atoms with Gasteiger partial charge in [-0.25, -0.2) is 9.78 Å². The van der Waals surface area contributed by atoms with Crippen molar-refractivity contribution in [2.45, 2.75) is 6.04 Å². The fraction of sp³-hybridized carbons (Fsp3) is 0.333. The number of aromatic carboxylic acids is 1. The summed E-state index contributed by atoms with van der Waals surface area (Å²) in [4.78, 5) is 18.1. The third-order valence-corrected chi connectivity index (χ3v) is 5.58. The third-order valence-electron chi connectivity index (χ3n) is 3.61. The predicted molar refractivity (Wildman–Crippen MR) is 87.2 cm³/mol. The van der Waals surface area contributed by atoms with Gasteiger partial charge in [-0.15, -0.1) is 11.3 Å². The SMILES string of the molecule is CN1CCSCC1c1nc(-c2cccc(C(=O)O)c2)cs1. The van der Waals surface area contributed by atoms with Crippen LogP contribution in [0, 0.1) is 0 Å². The zero-order valence-electron chi connectivity index (χ0n) is 11.7. The van der Waals surface area contributed by atoms with E-state index < -0.39 is 5.97 Å². The molecular weight excluding hydrogens is 304 g/mol. The number of hydrogen-bond donors (Lipinski definition) is 1. The molecule has 1 fully saturated rings. The van der Waals surface area contributed by atoms with Crippen molar-refractivity contribution in [1.29, 1.82) is 0 Å². The number of hydrogen-bond acceptors (Lipinski definition) is 5. The molecule has 2 heterocycles. The molecule has 1 aromatic carbocycles. The van der Waals surface area contributed by atoms with E-state index in [2.05, 4.69) is 11.9 Å². The highest BCUT2D eigenvalue weighted by Gasteiger charge is 2.24. The summed E-state index contributed by atoms with van der Waals surface area (Å²) >= 11 is 3.62. The Morgan fingerprint density at radius 3 is 3.10 bits per heavy atom. The Morgan fingerprint density at radius 1 is 1.48 bits per heavy atom. The van der Waals surface area contributed by atoms with Crippen LogP contribution in [0.1, 0.15) is 21.4 Å². The zero-order chi connectivity index (χ0) is 14.8. The highest BCUT2D eigenvalue weighted by atomic mass is 32.2. The van der Waals surface area contributed by atoms with Crippen molar-refractivity contribution in [2.24, 2.45) is 0 Å². The number of thiazole rings is 1. The van der Waals surface area contributed by atoms with Crippen molar-refractivity contribution in [1.82, 2.24) is 9.88 Å². The predicted octanol–water partition coefficient (Wildman–Crippen LogP) is 3.23. The Labute approximate surface area is 131 Å². The van der Waals surface area contributed by atoms with Crippen LogP contribution in [0.4, 0.5) is 0 Å². The second kappa shape index (κ2) is 6.17. The van der Waals surface area contributed by atoms with Gasteiger partial charge in [0.2, 0.25) is 0 Å². The molecule has 1 saturated heterocycles. The quantitative estimate of drug-likeness (QED) is 0.941. The van der Waals surface area contributed by atoms with Crippen molar-refractivity contribution in [2.75, 3.05) is 25.1 Å². The van der Waals surface area contributed by atoms with E-state index in [-0.39, 0.29) is 0 Å². The lowest BCUT2D eigenvalue weighted by molar-refractivity contribution is 0.0697. The fourth-order valence-electron chi connectivity index (χ4n) is 2.33. The lowest BCUT2D eigenvalue weighted by Crippen LogP contribution is -2.32. The van der Waals surface area contributed by atoms with Gasteiger partial charge in [0, 0.05) is 29.0 Å². The van der Waals surface area contributed by atoms with E-state index >= 15 is 0 Å². The summed E-state index contributed by atoms with van der Waals surface area (Å²) < 4.78 is 0. The summed E-state index contributed by atoms with van der Waals surface area (Å²) in [7, 11) is 2.14. The van der Waals surface area contributed by atoms with Crippen LogP contribution in [0.25, 0.3) is 11.3 Å². The molecule has 1 aliphatic rings. The van der Waals surface area contributed by atoms with E-state index in [0.29, 0.717) is 11.6 Å². The monoisotopic (exact) mass is 320 g/mol. The summed E-state index contributed by atoms with van der Waals surface area (Å²) in [5.74, 6) is 1.33. The average Bonchev–Trinajstić information content (AvgIpc) is 2.97. The molecular formula is C15H16N2O2S2. The summed E-state index contributed by atoms with van der Waals surface area (Å²) in [5.41, 5.74) is 2.03. The number of nitrogens with zero attached hydrogens (tertiary/aromatic N) is 2. The van der Waals surface area contributed by atoms with Gasteiger partial charge in [0.15, 0.2) is 0 Å². The number of carboxylic acid groups (broad SMARTS) is 1. The van der Waals surface area contributed by atoms with Crippen molar-refractivity contribution >= 4 is 29.1 Å². The van der Waals surface area contributed by atoms with Crippen LogP contribution in [0.2, 0.25) is 0 Å². The minimum absolute atomic E-state index is 0.299. The average molecular weight is 320 g/mol. The molecule has 1 N–H and O–H groups in total. The Hall–Kier alpha value is -1.37. The minimum Gasteiger partial charge on any atom is -0.478 e. The standard InChI is InChI=1S/C15H16N2O2S2/c1-17-5-6-20-9-13(17)14-16-12(8-21-14)10-3-2-4-11(7-10)15(18)19/h2-4,7-8,13H,5-6,9H2,1H3,(H,18,19). The Bertz CT molecular complexity index is 657. The normalized spacial score (nSPS) is 19.6. The van der Waals surface area contributed by atoms with Gasteiger partial charge in [0.25, 0.3) is 0 Å². The third kappa shape index (κ3) is 3.12. The molecule has 1 aromatic heterocycles. The van der Waals surface area contributed by atoms with Crippen LogP contribution in [-0.2, 0) is 0 Å². The van der Waals surface area contributed by atoms with Crippen molar-refractivity contribution in [3.05, 3.63) is 40.2 Å². The van der Waals surface area contributed by atoms with Gasteiger partial charge in [-0.1, -0.05) is 12.1 Å². The molecule has 1 atom stereocenters. The minimum atomic E-state index is -0.907. The van der Waals surface area contributed by atoms with E-state index in [1.807, 2.05) is 23.2 Å². The van der Waals surface area contributed by atoms with E-state index in [1.165, 1.54) is 5.75 Å². The number of rotatable bonds is 3. The van der Waals surface area contributed by atoms with Crippen LogP contribution in [0.5, 0.6) is 0 Å². The Balaban J connectivity index is 1.87. The molecule has 4 nitrogen and oxygen atoms in total. The Kier molecular flexibility index (Phi) is 4.28. The number of carboxylic acids is 1. The molecule has 21 heavy (non-hydrogen) atoms. The van der Waals surface area contributed by atoms with Gasteiger partial charge < -0.3 is 5.11 Å². The van der Waals surface area contributed by atoms with Gasteiger partial charge in [0.05, 0.1) is 17.3 Å². The maximum absolute atomic E-state index is 11.1. The maximum Gasteiger partial charge on any atom is 0.335 e. The van der Waals surface area contributed by atoms with Crippen molar-refractivity contribution < 1.29 is 9.90 Å². The molecule has 2 aromatic rings. The number of carbonyl (C=O) groups is 1. The number of aromatic nitrogens is 1. The highest BCUT2D eigenvalue weighted by molar-refractivity contribution is 7.99. The molecule has 0 saturated carbocycles. The second-order valence-electron chi connectivity index (χ2n) is 5.03. The molecule has 0 radical (unpaired) electrons. The molecule has 1 unspecified atom stereocenters. The second-order valence-corrected chi connectivity index (χ2v) is 7.07. The molecule has 110 valence electrons. The molecule has 1 aliphatic heterocycles. The van der Waals surface area contributed by atoms with Gasteiger partial charge in [-0.05, 0) is 19.2 Å². The molecule has 0 aliphatic carbocycles. The van der Waals surface area contributed by atoms with Crippen LogP contribution in [0.15, 0.2) is 29.6 Å². The van der Waals surface area contributed by atoms with E-state index in [4.69, 9.17) is 10.1 Å². The molecule has 0 amide bonds. The first-order chi connectivity index (χ1) is 10.1. The lowest BCUT2D eigenvalue weighted by Gasteiger charge is -2.30. The molecule has 6 heteroatoms. The first kappa shape index (κ1) is 14.6. The number of thioether (sulfide) groups is 1. The summed E-state index contributed by atoms with van der Waals surface area (Å²) in [6, 6.07) is 7.32. The largest absolute Gasteiger partial charge is 0.478 e. The Morgan fingerprint density at radius 2 is 2.33 bits per heavy atom. The maximum atomic E-state index is 11.1. The molecule has 3 rings (SSSR count). The fourth-order valence-corrected chi connectivity index (χ4v) is 4.65. The topological polar surface area (TPSA) is 53.4 Å². The molecule has 0 spiro atoms. The van der Waals surface area contributed by atoms with Crippen LogP contribution < -0.4 is 0 Å². The van der Waals surface area contributed by atoms with Gasteiger partial charge in [-0.2, -0.15) is 11.8 Å². The summed E-state index contributed by atoms with van der Waals surface area (Å²) in [6.45, 7) is 1.08. The van der Waals surface area contributed by atoms with Gasteiger partial charge in [-0.3, -0.25) is 4.90 Å². The summed E-state index contributed by atoms with van der Waals surface area (Å²) in [5, 5.41) is 12.2. The summed E-state index contributed by atoms with van der Waals surface area (Å²) in [6.07, 6.45) is 0. The van der Waals surface area contributed by atoms with Crippen LogP contribution in [-0.4, -0.2) is 46.1 Å². The van der Waals surface area contributed by atoms with Crippen molar-refractivity contribution in [3.63, 3.8) is 0 Å². The van der Waals surface area contributed by atoms with E-state index in [0.717, 1.165) is 28.6 Å². The molecule has 0 bridgehead atoms. The number of benzene rings is 1. The van der Waals surface area contributed by atoms with Gasteiger partial charge in [0.1, 0.15) is 5.01 Å². The van der Waals surface area contributed by atoms with Crippen LogP contribution in [0.3, 0.4) is 0 Å². The lowest BCUT2D eigenvalue weighted by atomic mass is 10.1. The smallest absolute Gasteiger partial charge is 0.335 e. The first-order valence-electron chi connectivity index (χ1n) is 6.72. The van der Waals surface area contributed by atoms with E-state index in [1.54, 1.807) is 29.5 Å². The van der Waals surface area contributed by atoms with Crippen LogP contribution >= 0.6 is 23.1 Å². The highest BCUT2D eigenvalue weighted by Crippen LogP contribution is 2.32. The van der Waals surface area contributed by atoms with E-state index in [9.17, 15) is 4.79 Å². The zero-order valence-corrected chi connectivity index (χ0v) is 13.3. The van der Waals surface area contributed by atoms with Gasteiger partial charge >= 0.3 is 5.97 Å². The first-order valence-corrected chi connectivity index (χ1v) is 8.76. The van der Waals surface area contributed by atoms with Crippen molar-refractivity contribution in [3.8, 4) is 11.3 Å².